The van der Waals surface area contributed by atoms with Crippen molar-refractivity contribution < 1.29 is 4.92 Å². The molecule has 0 radical (unpaired) electrons. The summed E-state index contributed by atoms with van der Waals surface area (Å²) in [5, 5.41) is 14.5. The van der Waals surface area contributed by atoms with Crippen LogP contribution in [0.25, 0.3) is 0 Å². The minimum atomic E-state index is -0.307. The molecule has 1 saturated heterocycles. The Morgan fingerprint density at radius 2 is 2.20 bits per heavy atom. The van der Waals surface area contributed by atoms with Gasteiger partial charge in [-0.1, -0.05) is 0 Å². The van der Waals surface area contributed by atoms with Crippen LogP contribution in [-0.2, 0) is 6.54 Å². The molecule has 0 aromatic carbocycles. The smallest absolute Gasteiger partial charge is 0.278 e. The van der Waals surface area contributed by atoms with Crippen molar-refractivity contribution in [3.63, 3.8) is 0 Å². The lowest BCUT2D eigenvalue weighted by Crippen LogP contribution is -2.57. The fourth-order valence-corrected chi connectivity index (χ4v) is 2.70. The van der Waals surface area contributed by atoms with E-state index in [1.807, 2.05) is 0 Å². The van der Waals surface area contributed by atoms with Crippen LogP contribution in [0, 0.1) is 24.0 Å². The highest BCUT2D eigenvalue weighted by Crippen LogP contribution is 2.27. The first-order valence-electron chi connectivity index (χ1n) is 6.88. The van der Waals surface area contributed by atoms with Crippen molar-refractivity contribution in [2.75, 3.05) is 19.6 Å². The Morgan fingerprint density at radius 3 is 2.80 bits per heavy atom. The van der Waals surface area contributed by atoms with E-state index in [1.165, 1.54) is 0 Å². The molecule has 1 aromatic heterocycles. The lowest BCUT2D eigenvalue weighted by molar-refractivity contribution is -0.386. The summed E-state index contributed by atoms with van der Waals surface area (Å²) in [4.78, 5) is 17.6. The lowest BCUT2D eigenvalue weighted by Gasteiger charge is -2.42. The van der Waals surface area contributed by atoms with Crippen LogP contribution in [0.2, 0.25) is 0 Å². The molecule has 0 aliphatic carbocycles. The fraction of sp³-hybridized carbons (Fsp3) is 0.643. The van der Waals surface area contributed by atoms with Crippen LogP contribution in [0.5, 0.6) is 0 Å². The topological polar surface area (TPSA) is 71.3 Å². The van der Waals surface area contributed by atoms with Crippen molar-refractivity contribution in [2.24, 2.45) is 0 Å². The van der Waals surface area contributed by atoms with Gasteiger partial charge in [-0.25, -0.2) is 0 Å². The molecular formula is C14H22N4O2. The van der Waals surface area contributed by atoms with Gasteiger partial charge in [-0.05, 0) is 27.7 Å². The van der Waals surface area contributed by atoms with Crippen LogP contribution in [-0.4, -0.2) is 40.0 Å². The highest BCUT2D eigenvalue weighted by atomic mass is 16.6. The Hall–Kier alpha value is -1.53. The normalized spacial score (nSPS) is 19.0. The van der Waals surface area contributed by atoms with Gasteiger partial charge in [0.1, 0.15) is 0 Å². The Kier molecular flexibility index (Phi) is 4.06. The van der Waals surface area contributed by atoms with Crippen molar-refractivity contribution in [1.29, 1.82) is 0 Å². The average Bonchev–Trinajstić information content (AvgIpc) is 2.34. The Bertz CT molecular complexity index is 528. The maximum Gasteiger partial charge on any atom is 0.278 e. The second-order valence-electron chi connectivity index (χ2n) is 6.03. The molecule has 2 heterocycles. The molecule has 6 heteroatoms. The quantitative estimate of drug-likeness (QED) is 0.674. The Labute approximate surface area is 119 Å². The molecule has 0 spiro atoms. The first kappa shape index (κ1) is 14.9. The van der Waals surface area contributed by atoms with Crippen molar-refractivity contribution in [3.8, 4) is 0 Å². The summed E-state index contributed by atoms with van der Waals surface area (Å²) in [6.45, 7) is 11.3. The summed E-state index contributed by atoms with van der Waals surface area (Å²) in [7, 11) is 0. The second-order valence-corrected chi connectivity index (χ2v) is 6.03. The van der Waals surface area contributed by atoms with Crippen molar-refractivity contribution in [2.45, 2.75) is 39.8 Å². The molecule has 1 fully saturated rings. The monoisotopic (exact) mass is 278 g/mol. The molecule has 6 nitrogen and oxygen atoms in total. The summed E-state index contributed by atoms with van der Waals surface area (Å²) in [5.41, 5.74) is 2.34. The van der Waals surface area contributed by atoms with Crippen molar-refractivity contribution in [3.05, 3.63) is 33.1 Å². The predicted molar refractivity (Wildman–Crippen MR) is 77.7 cm³/mol. The highest BCUT2D eigenvalue weighted by molar-refractivity contribution is 5.47. The highest BCUT2D eigenvalue weighted by Gasteiger charge is 2.31. The molecular weight excluding hydrogens is 256 g/mol. The molecule has 20 heavy (non-hydrogen) atoms. The minimum Gasteiger partial charge on any atom is -0.314 e. The standard InChI is InChI=1S/C14H22N4O2/c1-10-7-16-12(11(2)13(10)18(19)20)8-17-6-5-15-9-14(17,3)4/h7,15H,5-6,8-9H2,1-4H3. The van der Waals surface area contributed by atoms with Crippen molar-refractivity contribution in [1.82, 2.24) is 15.2 Å². The number of nitrogens with one attached hydrogen (secondary N) is 1. The number of hydrogen-bond acceptors (Lipinski definition) is 5. The second kappa shape index (κ2) is 5.46. The zero-order valence-corrected chi connectivity index (χ0v) is 12.6. The van der Waals surface area contributed by atoms with Gasteiger partial charge < -0.3 is 5.32 Å². The van der Waals surface area contributed by atoms with Gasteiger partial charge in [0.25, 0.3) is 5.69 Å². The van der Waals surface area contributed by atoms with Gasteiger partial charge in [-0.2, -0.15) is 0 Å². The van der Waals surface area contributed by atoms with Gasteiger partial charge in [0.2, 0.25) is 0 Å². The summed E-state index contributed by atoms with van der Waals surface area (Å²) in [6, 6.07) is 0. The largest absolute Gasteiger partial charge is 0.314 e. The predicted octanol–water partition coefficient (Wildman–Crippen LogP) is 1.79. The molecule has 0 saturated carbocycles. The third kappa shape index (κ3) is 2.81. The third-order valence-corrected chi connectivity index (χ3v) is 4.07. The van der Waals surface area contributed by atoms with E-state index in [1.54, 1.807) is 20.0 Å². The number of aromatic nitrogens is 1. The zero-order valence-electron chi connectivity index (χ0n) is 12.6. The molecule has 0 bridgehead atoms. The SMILES string of the molecule is Cc1cnc(CN2CCNCC2(C)C)c(C)c1[N+](=O)[O-]. The first-order valence-corrected chi connectivity index (χ1v) is 6.88. The Balaban J connectivity index is 2.30. The molecule has 1 aliphatic rings. The van der Waals surface area contributed by atoms with Crippen LogP contribution in [0.1, 0.15) is 30.7 Å². The van der Waals surface area contributed by atoms with Crippen molar-refractivity contribution >= 4 is 5.69 Å². The molecule has 0 amide bonds. The van der Waals surface area contributed by atoms with E-state index in [0.29, 0.717) is 17.7 Å². The number of pyridine rings is 1. The maximum absolute atomic E-state index is 11.2. The van der Waals surface area contributed by atoms with Crippen LogP contribution in [0.4, 0.5) is 5.69 Å². The zero-order chi connectivity index (χ0) is 14.9. The van der Waals surface area contributed by atoms with E-state index in [2.05, 4.69) is 29.0 Å². The first-order chi connectivity index (χ1) is 9.33. The van der Waals surface area contributed by atoms with Crippen LogP contribution in [0.3, 0.4) is 0 Å². The molecule has 1 N–H and O–H groups in total. The van der Waals surface area contributed by atoms with Gasteiger partial charge in [0.15, 0.2) is 0 Å². The molecule has 0 atom stereocenters. The van der Waals surface area contributed by atoms with E-state index in [4.69, 9.17) is 0 Å². The number of hydrogen-bond donors (Lipinski definition) is 1. The molecule has 0 unspecified atom stereocenters. The summed E-state index contributed by atoms with van der Waals surface area (Å²) in [6.07, 6.45) is 1.61. The number of rotatable bonds is 3. The maximum atomic E-state index is 11.2. The number of piperazine rings is 1. The number of nitro groups is 1. The average molecular weight is 278 g/mol. The van der Waals surface area contributed by atoms with Gasteiger partial charge in [0, 0.05) is 49.0 Å². The van der Waals surface area contributed by atoms with E-state index >= 15 is 0 Å². The number of nitrogens with zero attached hydrogens (tertiary/aromatic N) is 3. The summed E-state index contributed by atoms with van der Waals surface area (Å²) in [5.74, 6) is 0. The van der Waals surface area contributed by atoms with Gasteiger partial charge in [0.05, 0.1) is 10.6 Å². The van der Waals surface area contributed by atoms with E-state index in [-0.39, 0.29) is 16.1 Å². The van der Waals surface area contributed by atoms with Gasteiger partial charge in [-0.3, -0.25) is 20.0 Å². The van der Waals surface area contributed by atoms with E-state index in [9.17, 15) is 10.1 Å². The molecule has 2 rings (SSSR count). The van der Waals surface area contributed by atoms with Gasteiger partial charge >= 0.3 is 0 Å². The molecule has 1 aliphatic heterocycles. The summed E-state index contributed by atoms with van der Waals surface area (Å²) < 4.78 is 0. The lowest BCUT2D eigenvalue weighted by atomic mass is 9.99. The minimum absolute atomic E-state index is 0.0338. The van der Waals surface area contributed by atoms with Gasteiger partial charge in [-0.15, -0.1) is 0 Å². The number of aryl methyl sites for hydroxylation is 1. The van der Waals surface area contributed by atoms with E-state index in [0.717, 1.165) is 25.3 Å². The molecule has 110 valence electrons. The summed E-state index contributed by atoms with van der Waals surface area (Å²) >= 11 is 0. The van der Waals surface area contributed by atoms with E-state index < -0.39 is 0 Å². The molecule has 1 aromatic rings. The fourth-order valence-electron chi connectivity index (χ4n) is 2.70. The van der Waals surface area contributed by atoms with Crippen LogP contribution in [0.15, 0.2) is 6.20 Å². The Morgan fingerprint density at radius 1 is 1.50 bits per heavy atom. The van der Waals surface area contributed by atoms with Crippen LogP contribution < -0.4 is 5.32 Å². The van der Waals surface area contributed by atoms with Crippen LogP contribution >= 0.6 is 0 Å². The third-order valence-electron chi connectivity index (χ3n) is 4.07.